The number of carbonyl (C=O) groups excluding carboxylic acids is 3. The third kappa shape index (κ3) is 4.83. The zero-order valence-corrected chi connectivity index (χ0v) is 15.6. The van der Waals surface area contributed by atoms with E-state index in [1.165, 1.54) is 6.92 Å². The summed E-state index contributed by atoms with van der Waals surface area (Å²) >= 11 is 0. The molecular weight excluding hydrogens is 344 g/mol. The van der Waals surface area contributed by atoms with Crippen LogP contribution in [0, 0.1) is 6.92 Å². The molecule has 0 radical (unpaired) electrons. The molecule has 0 unspecified atom stereocenters. The summed E-state index contributed by atoms with van der Waals surface area (Å²) < 4.78 is 0. The molecule has 0 spiro atoms. The van der Waals surface area contributed by atoms with Crippen LogP contribution in [0.4, 0.5) is 5.69 Å². The number of rotatable bonds is 5. The average molecular weight is 368 g/mol. The molecule has 1 aromatic carbocycles. The minimum Gasteiger partial charge on any atom is -0.356 e. The number of hydrogen-bond acceptors (Lipinski definition) is 4. The zero-order chi connectivity index (χ0) is 19.4. The van der Waals surface area contributed by atoms with E-state index in [-0.39, 0.29) is 17.6 Å². The largest absolute Gasteiger partial charge is 0.356 e. The molecule has 1 aliphatic heterocycles. The monoisotopic (exact) mass is 368 g/mol. The van der Waals surface area contributed by atoms with Gasteiger partial charge >= 0.3 is 0 Å². The number of nitrogens with zero attached hydrogens (tertiary/aromatic N) is 2. The van der Waals surface area contributed by atoms with Gasteiger partial charge in [-0.3, -0.25) is 19.3 Å². The van der Waals surface area contributed by atoms with Crippen LogP contribution >= 0.6 is 0 Å². The number of Topliss-reactive ketones (excluding diaryl/α,β-unsaturated/α-hetero) is 1. The number of amides is 2. The third-order valence-electron chi connectivity index (χ3n) is 4.68. The fourth-order valence-corrected chi connectivity index (χ4v) is 3.04. The van der Waals surface area contributed by atoms with E-state index < -0.39 is 0 Å². The quantitative estimate of drug-likeness (QED) is 0.790. The molecule has 1 fully saturated rings. The van der Waals surface area contributed by atoms with Crippen molar-refractivity contribution in [1.82, 2.24) is 14.8 Å². The van der Waals surface area contributed by atoms with Crippen molar-refractivity contribution in [3.63, 3.8) is 0 Å². The summed E-state index contributed by atoms with van der Waals surface area (Å²) in [6.07, 6.45) is 1.56. The second kappa shape index (κ2) is 8.18. The number of nitrogens with one attached hydrogen (secondary N) is 2. The number of carbonyl (C=O) groups is 3. The van der Waals surface area contributed by atoms with Gasteiger partial charge in [0.2, 0.25) is 5.91 Å². The minimum absolute atomic E-state index is 0.0610. The average Bonchev–Trinajstić information content (AvgIpc) is 3.14. The Morgan fingerprint density at radius 2 is 1.74 bits per heavy atom. The maximum absolute atomic E-state index is 12.5. The molecule has 1 aliphatic rings. The number of benzene rings is 1. The Bertz CT molecular complexity index is 833. The second-order valence-corrected chi connectivity index (χ2v) is 6.84. The molecule has 0 atom stereocenters. The third-order valence-corrected chi connectivity index (χ3v) is 4.68. The Kier molecular flexibility index (Phi) is 5.71. The van der Waals surface area contributed by atoms with Gasteiger partial charge in [-0.25, -0.2) is 0 Å². The molecule has 0 aliphatic carbocycles. The highest BCUT2D eigenvalue weighted by molar-refractivity contribution is 5.99. The molecule has 7 nitrogen and oxygen atoms in total. The number of aryl methyl sites for hydroxylation is 1. The summed E-state index contributed by atoms with van der Waals surface area (Å²) in [5.41, 5.74) is 2.86. The van der Waals surface area contributed by atoms with Crippen molar-refractivity contribution in [1.29, 1.82) is 0 Å². The van der Waals surface area contributed by atoms with Crippen LogP contribution in [-0.2, 0) is 4.79 Å². The molecule has 2 heterocycles. The van der Waals surface area contributed by atoms with Crippen LogP contribution in [0.15, 0.2) is 36.5 Å². The normalized spacial score (nSPS) is 14.8. The van der Waals surface area contributed by atoms with Crippen molar-refractivity contribution < 1.29 is 14.4 Å². The van der Waals surface area contributed by atoms with Crippen LogP contribution < -0.4 is 5.32 Å². The van der Waals surface area contributed by atoms with E-state index in [1.54, 1.807) is 17.2 Å². The SMILES string of the molecule is CC(=O)c1c[nH]c(C(=O)N2CCN(CC(=O)Nc3ccc(C)cc3)CC2)c1. The Labute approximate surface area is 158 Å². The molecule has 142 valence electrons. The lowest BCUT2D eigenvalue weighted by Gasteiger charge is -2.34. The van der Waals surface area contributed by atoms with Gasteiger partial charge in [0, 0.05) is 43.6 Å². The number of ketones is 1. The molecule has 1 aromatic heterocycles. The Morgan fingerprint density at radius 1 is 1.07 bits per heavy atom. The number of aromatic amines is 1. The van der Waals surface area contributed by atoms with E-state index >= 15 is 0 Å². The van der Waals surface area contributed by atoms with Gasteiger partial charge in [0.1, 0.15) is 5.69 Å². The predicted octanol–water partition coefficient (Wildman–Crippen LogP) is 1.92. The Hall–Kier alpha value is -2.93. The molecule has 0 bridgehead atoms. The number of H-pyrrole nitrogens is 1. The first-order chi connectivity index (χ1) is 12.9. The molecule has 0 saturated carbocycles. The highest BCUT2D eigenvalue weighted by atomic mass is 16.2. The van der Waals surface area contributed by atoms with Crippen molar-refractivity contribution in [3.05, 3.63) is 53.3 Å². The van der Waals surface area contributed by atoms with Crippen molar-refractivity contribution in [2.24, 2.45) is 0 Å². The summed E-state index contributed by atoms with van der Waals surface area (Å²) in [5.74, 6) is -0.255. The lowest BCUT2D eigenvalue weighted by molar-refractivity contribution is -0.117. The first-order valence-electron chi connectivity index (χ1n) is 9.00. The van der Waals surface area contributed by atoms with Gasteiger partial charge in [0.15, 0.2) is 5.78 Å². The van der Waals surface area contributed by atoms with E-state index in [0.717, 1.165) is 11.3 Å². The number of piperazine rings is 1. The zero-order valence-electron chi connectivity index (χ0n) is 15.6. The van der Waals surface area contributed by atoms with Crippen LogP contribution in [0.25, 0.3) is 0 Å². The number of aromatic nitrogens is 1. The van der Waals surface area contributed by atoms with Crippen molar-refractivity contribution in [2.45, 2.75) is 13.8 Å². The summed E-state index contributed by atoms with van der Waals surface area (Å²) in [4.78, 5) is 42.7. The van der Waals surface area contributed by atoms with Crippen LogP contribution in [0.2, 0.25) is 0 Å². The van der Waals surface area contributed by atoms with E-state index in [0.29, 0.717) is 44.0 Å². The van der Waals surface area contributed by atoms with Crippen LogP contribution in [0.3, 0.4) is 0 Å². The predicted molar refractivity (Wildman–Crippen MR) is 103 cm³/mol. The molecule has 7 heteroatoms. The van der Waals surface area contributed by atoms with Gasteiger partial charge in [-0.05, 0) is 32.0 Å². The number of hydrogen-bond donors (Lipinski definition) is 2. The van der Waals surface area contributed by atoms with Crippen molar-refractivity contribution >= 4 is 23.3 Å². The molecular formula is C20H24N4O3. The second-order valence-electron chi connectivity index (χ2n) is 6.84. The topological polar surface area (TPSA) is 85.5 Å². The first-order valence-corrected chi connectivity index (χ1v) is 9.00. The van der Waals surface area contributed by atoms with E-state index in [4.69, 9.17) is 0 Å². The minimum atomic E-state index is -0.119. The smallest absolute Gasteiger partial charge is 0.270 e. The summed E-state index contributed by atoms with van der Waals surface area (Å²) in [6.45, 7) is 6.13. The van der Waals surface area contributed by atoms with Gasteiger partial charge in [-0.15, -0.1) is 0 Å². The molecule has 3 rings (SSSR count). The molecule has 27 heavy (non-hydrogen) atoms. The molecule has 1 saturated heterocycles. The molecule has 2 N–H and O–H groups in total. The number of anilines is 1. The maximum Gasteiger partial charge on any atom is 0.270 e. The van der Waals surface area contributed by atoms with Gasteiger partial charge in [-0.2, -0.15) is 0 Å². The van der Waals surface area contributed by atoms with Crippen molar-refractivity contribution in [3.8, 4) is 0 Å². The summed E-state index contributed by atoms with van der Waals surface area (Å²) in [6, 6.07) is 9.27. The fourth-order valence-electron chi connectivity index (χ4n) is 3.04. The Morgan fingerprint density at radius 3 is 2.33 bits per heavy atom. The van der Waals surface area contributed by atoms with E-state index in [2.05, 4.69) is 10.3 Å². The lowest BCUT2D eigenvalue weighted by atomic mass is 10.2. The van der Waals surface area contributed by atoms with Crippen LogP contribution in [-0.4, -0.2) is 65.1 Å². The summed E-state index contributed by atoms with van der Waals surface area (Å²) in [7, 11) is 0. The van der Waals surface area contributed by atoms with Gasteiger partial charge in [0.25, 0.3) is 5.91 Å². The van der Waals surface area contributed by atoms with Crippen LogP contribution in [0.1, 0.15) is 33.3 Å². The van der Waals surface area contributed by atoms with E-state index in [1.807, 2.05) is 36.1 Å². The first kappa shape index (κ1) is 18.8. The summed E-state index contributed by atoms with van der Waals surface area (Å²) in [5, 5.41) is 2.89. The highest BCUT2D eigenvalue weighted by Gasteiger charge is 2.24. The van der Waals surface area contributed by atoms with Gasteiger partial charge in [-0.1, -0.05) is 17.7 Å². The molecule has 2 aromatic rings. The van der Waals surface area contributed by atoms with E-state index in [9.17, 15) is 14.4 Å². The van der Waals surface area contributed by atoms with Gasteiger partial charge in [0.05, 0.1) is 6.54 Å². The standard InChI is InChI=1S/C20H24N4O3/c1-14-3-5-17(6-4-14)22-19(26)13-23-7-9-24(10-8-23)20(27)18-11-16(12-21-18)15(2)25/h3-6,11-12,21H,7-10,13H2,1-2H3,(H,22,26). The van der Waals surface area contributed by atoms with Gasteiger partial charge < -0.3 is 15.2 Å². The Balaban J connectivity index is 1.48. The molecule has 2 amide bonds. The van der Waals surface area contributed by atoms with Crippen molar-refractivity contribution in [2.75, 3.05) is 38.0 Å². The maximum atomic E-state index is 12.5. The highest BCUT2D eigenvalue weighted by Crippen LogP contribution is 2.12. The van der Waals surface area contributed by atoms with Crippen LogP contribution in [0.5, 0.6) is 0 Å². The lowest BCUT2D eigenvalue weighted by Crippen LogP contribution is -2.50. The fraction of sp³-hybridized carbons (Fsp3) is 0.350.